The van der Waals surface area contributed by atoms with Crippen LogP contribution in [0.2, 0.25) is 0 Å². The van der Waals surface area contributed by atoms with Crippen LogP contribution in [0.3, 0.4) is 0 Å². The van der Waals surface area contributed by atoms with Crippen LogP contribution in [0.25, 0.3) is 27.6 Å². The third kappa shape index (κ3) is 1.83. The van der Waals surface area contributed by atoms with Crippen LogP contribution in [0.1, 0.15) is 12.5 Å². The lowest BCUT2D eigenvalue weighted by atomic mass is 10.0. The molecule has 0 aliphatic heterocycles. The van der Waals surface area contributed by atoms with Crippen LogP contribution in [0.15, 0.2) is 60.7 Å². The number of benzene rings is 3. The van der Waals surface area contributed by atoms with Crippen LogP contribution in [0.5, 0.6) is 0 Å². The van der Waals surface area contributed by atoms with E-state index in [0.717, 1.165) is 0 Å². The second-order valence-electron chi connectivity index (χ2n) is 4.31. The van der Waals surface area contributed by atoms with E-state index >= 15 is 0 Å². The Hall–Kier alpha value is -2.08. The molecule has 0 nitrogen and oxygen atoms in total. The van der Waals surface area contributed by atoms with Crippen molar-refractivity contribution in [1.82, 2.24) is 0 Å². The molecule has 0 heteroatoms. The Morgan fingerprint density at radius 3 is 2.06 bits per heavy atom. The summed E-state index contributed by atoms with van der Waals surface area (Å²) < 4.78 is 0. The summed E-state index contributed by atoms with van der Waals surface area (Å²) in [6.45, 7) is 2.05. The fourth-order valence-electron chi connectivity index (χ4n) is 2.25. The molecule has 3 rings (SSSR count). The number of rotatable bonds is 1. The first-order valence-corrected chi connectivity index (χ1v) is 5.92. The highest BCUT2D eigenvalue weighted by atomic mass is 14.0. The number of hydrogen-bond acceptors (Lipinski definition) is 0. The smallest absolute Gasteiger partial charge is 0.0172 e. The Bertz CT molecular complexity index is 705. The second-order valence-corrected chi connectivity index (χ2v) is 4.31. The summed E-state index contributed by atoms with van der Waals surface area (Å²) in [7, 11) is 0. The monoisotopic (exact) mass is 218 g/mol. The summed E-state index contributed by atoms with van der Waals surface area (Å²) in [5, 5.41) is 5.22. The van der Waals surface area contributed by atoms with E-state index in [1.54, 1.807) is 0 Å². The fraction of sp³-hybridized carbons (Fsp3) is 0.0588. The molecule has 0 saturated heterocycles. The minimum atomic E-state index is 1.26. The van der Waals surface area contributed by atoms with Crippen LogP contribution in [0, 0.1) is 0 Å². The van der Waals surface area contributed by atoms with Gasteiger partial charge in [-0.25, -0.2) is 0 Å². The zero-order valence-corrected chi connectivity index (χ0v) is 9.85. The minimum Gasteiger partial charge on any atom is -0.0871 e. The lowest BCUT2D eigenvalue weighted by molar-refractivity contribution is 1.70. The standard InChI is InChI=1S/C17H14/c1-2-5-13-8-9-16-11-14-6-3-4-7-15(14)12-17(16)10-13/h2-12H,1H3/b5-2-. The van der Waals surface area contributed by atoms with E-state index in [9.17, 15) is 0 Å². The van der Waals surface area contributed by atoms with Gasteiger partial charge in [-0.2, -0.15) is 0 Å². The number of allylic oxidation sites excluding steroid dienone is 1. The molecule has 0 saturated carbocycles. The van der Waals surface area contributed by atoms with Gasteiger partial charge in [0.2, 0.25) is 0 Å². The van der Waals surface area contributed by atoms with Crippen molar-refractivity contribution in [3.05, 3.63) is 66.2 Å². The van der Waals surface area contributed by atoms with Crippen molar-refractivity contribution in [2.75, 3.05) is 0 Å². The molecule has 0 bridgehead atoms. The first-order chi connectivity index (χ1) is 8.36. The zero-order valence-electron chi connectivity index (χ0n) is 9.85. The SMILES string of the molecule is C/C=C\c1ccc2cc3ccccc3cc2c1. The Balaban J connectivity index is 2.32. The maximum atomic E-state index is 2.26. The van der Waals surface area contributed by atoms with E-state index < -0.39 is 0 Å². The highest BCUT2D eigenvalue weighted by Gasteiger charge is 1.97. The van der Waals surface area contributed by atoms with Gasteiger partial charge in [0.15, 0.2) is 0 Å². The molecule has 0 unspecified atom stereocenters. The molecule has 17 heavy (non-hydrogen) atoms. The van der Waals surface area contributed by atoms with Crippen molar-refractivity contribution >= 4 is 27.6 Å². The summed E-state index contributed by atoms with van der Waals surface area (Å²) in [4.78, 5) is 0. The van der Waals surface area contributed by atoms with E-state index in [4.69, 9.17) is 0 Å². The molecule has 0 fully saturated rings. The lowest BCUT2D eigenvalue weighted by Gasteiger charge is -2.03. The van der Waals surface area contributed by atoms with E-state index in [2.05, 4.69) is 66.7 Å². The lowest BCUT2D eigenvalue weighted by Crippen LogP contribution is -1.78. The molecule has 82 valence electrons. The number of hydrogen-bond donors (Lipinski definition) is 0. The van der Waals surface area contributed by atoms with Crippen molar-refractivity contribution < 1.29 is 0 Å². The molecule has 0 spiro atoms. The largest absolute Gasteiger partial charge is 0.0871 e. The maximum absolute atomic E-state index is 2.26. The molecular weight excluding hydrogens is 204 g/mol. The summed E-state index contributed by atoms with van der Waals surface area (Å²) in [6.07, 6.45) is 4.21. The molecular formula is C17H14. The van der Waals surface area contributed by atoms with Gasteiger partial charge in [-0.05, 0) is 52.2 Å². The van der Waals surface area contributed by atoms with Crippen molar-refractivity contribution in [3.8, 4) is 0 Å². The highest BCUT2D eigenvalue weighted by molar-refractivity contribution is 5.98. The average molecular weight is 218 g/mol. The van der Waals surface area contributed by atoms with Gasteiger partial charge in [-0.15, -0.1) is 0 Å². The van der Waals surface area contributed by atoms with Gasteiger partial charge in [-0.1, -0.05) is 48.6 Å². The summed E-state index contributed by atoms with van der Waals surface area (Å²) >= 11 is 0. The average Bonchev–Trinajstić information content (AvgIpc) is 2.36. The quantitative estimate of drug-likeness (QED) is 0.503. The van der Waals surface area contributed by atoms with Gasteiger partial charge >= 0.3 is 0 Å². The fourth-order valence-corrected chi connectivity index (χ4v) is 2.25. The first kappa shape index (κ1) is 10.1. The Kier molecular flexibility index (Phi) is 2.41. The van der Waals surface area contributed by atoms with Gasteiger partial charge in [0.05, 0.1) is 0 Å². The molecule has 0 amide bonds. The third-order valence-electron chi connectivity index (χ3n) is 3.09. The second kappa shape index (κ2) is 4.06. The molecule has 0 radical (unpaired) electrons. The van der Waals surface area contributed by atoms with Crippen LogP contribution in [-0.4, -0.2) is 0 Å². The molecule has 0 aliphatic rings. The predicted molar refractivity (Wildman–Crippen MR) is 76.2 cm³/mol. The Labute approximate surface area is 101 Å². The van der Waals surface area contributed by atoms with Gasteiger partial charge in [-0.3, -0.25) is 0 Å². The van der Waals surface area contributed by atoms with Crippen molar-refractivity contribution in [2.45, 2.75) is 6.92 Å². The van der Waals surface area contributed by atoms with E-state index in [-0.39, 0.29) is 0 Å². The number of fused-ring (bicyclic) bond motifs is 2. The van der Waals surface area contributed by atoms with E-state index in [0.29, 0.717) is 0 Å². The Morgan fingerprint density at radius 1 is 0.706 bits per heavy atom. The van der Waals surface area contributed by atoms with Gasteiger partial charge in [0.25, 0.3) is 0 Å². The van der Waals surface area contributed by atoms with Crippen molar-refractivity contribution in [2.24, 2.45) is 0 Å². The molecule has 0 atom stereocenters. The zero-order chi connectivity index (χ0) is 11.7. The first-order valence-electron chi connectivity index (χ1n) is 5.92. The molecule has 3 aromatic rings. The Morgan fingerprint density at radius 2 is 1.35 bits per heavy atom. The molecule has 0 heterocycles. The normalized spacial score (nSPS) is 11.6. The van der Waals surface area contributed by atoms with E-state index in [1.165, 1.54) is 27.1 Å². The van der Waals surface area contributed by atoms with Crippen LogP contribution < -0.4 is 0 Å². The summed E-state index contributed by atoms with van der Waals surface area (Å²) in [5.41, 5.74) is 1.26. The van der Waals surface area contributed by atoms with Crippen molar-refractivity contribution in [3.63, 3.8) is 0 Å². The molecule has 0 N–H and O–H groups in total. The molecule has 3 aromatic carbocycles. The third-order valence-corrected chi connectivity index (χ3v) is 3.09. The maximum Gasteiger partial charge on any atom is -0.0172 e. The van der Waals surface area contributed by atoms with Crippen molar-refractivity contribution in [1.29, 1.82) is 0 Å². The van der Waals surface area contributed by atoms with Gasteiger partial charge < -0.3 is 0 Å². The van der Waals surface area contributed by atoms with Crippen LogP contribution in [0.4, 0.5) is 0 Å². The highest BCUT2D eigenvalue weighted by Crippen LogP contribution is 2.24. The van der Waals surface area contributed by atoms with E-state index in [1.807, 2.05) is 6.92 Å². The van der Waals surface area contributed by atoms with Crippen LogP contribution >= 0.6 is 0 Å². The summed E-state index contributed by atoms with van der Waals surface area (Å²) in [6, 6.07) is 19.6. The molecule has 0 aliphatic carbocycles. The van der Waals surface area contributed by atoms with Gasteiger partial charge in [0.1, 0.15) is 0 Å². The molecule has 0 aromatic heterocycles. The predicted octanol–water partition coefficient (Wildman–Crippen LogP) is 5.03. The topological polar surface area (TPSA) is 0 Å². The van der Waals surface area contributed by atoms with Crippen LogP contribution in [-0.2, 0) is 0 Å². The van der Waals surface area contributed by atoms with Gasteiger partial charge in [0, 0.05) is 0 Å². The minimum absolute atomic E-state index is 1.26. The summed E-state index contributed by atoms with van der Waals surface area (Å²) in [5.74, 6) is 0.